The van der Waals surface area contributed by atoms with Gasteiger partial charge in [-0.25, -0.2) is 0 Å². The Labute approximate surface area is 100 Å². The predicted octanol–water partition coefficient (Wildman–Crippen LogP) is 3.52. The summed E-state index contributed by atoms with van der Waals surface area (Å²) in [7, 11) is 0. The van der Waals surface area contributed by atoms with Crippen LogP contribution in [-0.4, -0.2) is 23.4 Å². The molecule has 0 spiro atoms. The fourth-order valence-corrected chi connectivity index (χ4v) is 2.88. The molecule has 0 aromatic heterocycles. The van der Waals surface area contributed by atoms with Crippen molar-refractivity contribution < 1.29 is 9.84 Å². The largest absolute Gasteiger partial charge is 0.393 e. The van der Waals surface area contributed by atoms with Crippen molar-refractivity contribution in [2.24, 2.45) is 5.92 Å². The minimum absolute atomic E-state index is 0.187. The molecule has 0 saturated heterocycles. The minimum Gasteiger partial charge on any atom is -0.393 e. The van der Waals surface area contributed by atoms with Gasteiger partial charge >= 0.3 is 0 Å². The van der Waals surface area contributed by atoms with Gasteiger partial charge in [-0.1, -0.05) is 26.2 Å². The molecule has 3 atom stereocenters. The highest BCUT2D eigenvalue weighted by Crippen LogP contribution is 2.30. The molecule has 96 valence electrons. The Morgan fingerprint density at radius 2 is 1.81 bits per heavy atom. The van der Waals surface area contributed by atoms with Crippen molar-refractivity contribution in [3.8, 4) is 0 Å². The van der Waals surface area contributed by atoms with Crippen LogP contribution in [0.3, 0.4) is 0 Å². The van der Waals surface area contributed by atoms with Crippen LogP contribution >= 0.6 is 0 Å². The number of hydrogen-bond acceptors (Lipinski definition) is 2. The van der Waals surface area contributed by atoms with Crippen LogP contribution in [0.5, 0.6) is 0 Å². The van der Waals surface area contributed by atoms with Gasteiger partial charge < -0.3 is 9.84 Å². The highest BCUT2D eigenvalue weighted by molar-refractivity contribution is 4.74. The molecule has 1 saturated carbocycles. The first-order valence-corrected chi connectivity index (χ1v) is 6.97. The summed E-state index contributed by atoms with van der Waals surface area (Å²) in [5.74, 6) is 0.759. The molecule has 0 amide bonds. The van der Waals surface area contributed by atoms with Crippen molar-refractivity contribution in [1.82, 2.24) is 0 Å². The zero-order valence-electron chi connectivity index (χ0n) is 11.1. The van der Waals surface area contributed by atoms with Crippen LogP contribution in [0, 0.1) is 5.92 Å². The molecule has 0 heterocycles. The molecule has 2 nitrogen and oxygen atoms in total. The maximum absolute atomic E-state index is 9.34. The van der Waals surface area contributed by atoms with Crippen molar-refractivity contribution in [2.45, 2.75) is 84.0 Å². The Bertz CT molecular complexity index is 174. The summed E-state index contributed by atoms with van der Waals surface area (Å²) in [6.45, 7) is 6.13. The number of hydrogen-bond donors (Lipinski definition) is 1. The van der Waals surface area contributed by atoms with Crippen LogP contribution in [0.1, 0.15) is 65.7 Å². The topological polar surface area (TPSA) is 29.5 Å². The fraction of sp³-hybridized carbons (Fsp3) is 1.00. The van der Waals surface area contributed by atoms with Crippen LogP contribution in [0.15, 0.2) is 0 Å². The Balaban J connectivity index is 2.34. The number of rotatable bonds is 6. The van der Waals surface area contributed by atoms with E-state index in [0.29, 0.717) is 6.10 Å². The van der Waals surface area contributed by atoms with E-state index in [9.17, 15) is 5.11 Å². The first-order chi connectivity index (χ1) is 7.63. The summed E-state index contributed by atoms with van der Waals surface area (Å²) in [6.07, 6.45) is 9.01. The number of ether oxygens (including phenoxy) is 1. The molecule has 0 aromatic carbocycles. The maximum atomic E-state index is 9.34. The molecule has 0 aliphatic heterocycles. The number of aliphatic hydroxyl groups excluding tert-OH is 1. The van der Waals surface area contributed by atoms with Crippen LogP contribution in [0.4, 0.5) is 0 Å². The third-order valence-electron chi connectivity index (χ3n) is 3.66. The molecule has 1 fully saturated rings. The van der Waals surface area contributed by atoms with Gasteiger partial charge in [0, 0.05) is 0 Å². The van der Waals surface area contributed by atoms with Crippen molar-refractivity contribution in [1.29, 1.82) is 0 Å². The molecule has 1 N–H and O–H groups in total. The second-order valence-corrected chi connectivity index (χ2v) is 5.38. The van der Waals surface area contributed by atoms with Gasteiger partial charge in [0.15, 0.2) is 0 Å². The first-order valence-electron chi connectivity index (χ1n) is 6.97. The van der Waals surface area contributed by atoms with Crippen LogP contribution in [-0.2, 0) is 4.74 Å². The zero-order chi connectivity index (χ0) is 12.0. The minimum atomic E-state index is -0.251. The van der Waals surface area contributed by atoms with E-state index in [4.69, 9.17) is 4.74 Å². The quantitative estimate of drug-likeness (QED) is 0.753. The summed E-state index contributed by atoms with van der Waals surface area (Å²) in [5, 5.41) is 9.34. The highest BCUT2D eigenvalue weighted by atomic mass is 16.5. The summed E-state index contributed by atoms with van der Waals surface area (Å²) in [5.41, 5.74) is 0. The van der Waals surface area contributed by atoms with Crippen molar-refractivity contribution in [3.05, 3.63) is 0 Å². The SMILES string of the molecule is CC[C@@H](O[C@H](C)C[C@@H](C)O)C1CCCCC1. The third-order valence-corrected chi connectivity index (χ3v) is 3.66. The average molecular weight is 228 g/mol. The van der Waals surface area contributed by atoms with Gasteiger partial charge in [-0.2, -0.15) is 0 Å². The Morgan fingerprint density at radius 1 is 1.19 bits per heavy atom. The lowest BCUT2D eigenvalue weighted by Crippen LogP contribution is -2.30. The Kier molecular flexibility index (Phi) is 6.37. The second kappa shape index (κ2) is 7.29. The average Bonchev–Trinajstić information content (AvgIpc) is 2.26. The maximum Gasteiger partial charge on any atom is 0.0604 e. The summed E-state index contributed by atoms with van der Waals surface area (Å²) in [6, 6.07) is 0. The van der Waals surface area contributed by atoms with Crippen molar-refractivity contribution >= 4 is 0 Å². The predicted molar refractivity (Wildman–Crippen MR) is 67.5 cm³/mol. The van der Waals surface area contributed by atoms with Gasteiger partial charge in [-0.05, 0) is 45.4 Å². The second-order valence-electron chi connectivity index (χ2n) is 5.38. The summed E-state index contributed by atoms with van der Waals surface area (Å²) < 4.78 is 6.09. The lowest BCUT2D eigenvalue weighted by molar-refractivity contribution is -0.0592. The molecule has 0 aromatic rings. The van der Waals surface area contributed by atoms with Gasteiger partial charge in [0.05, 0.1) is 18.3 Å². The van der Waals surface area contributed by atoms with Crippen LogP contribution in [0.2, 0.25) is 0 Å². The van der Waals surface area contributed by atoms with Gasteiger partial charge in [-0.3, -0.25) is 0 Å². The molecular formula is C14H28O2. The van der Waals surface area contributed by atoms with Crippen molar-refractivity contribution in [3.63, 3.8) is 0 Å². The summed E-state index contributed by atoms with van der Waals surface area (Å²) in [4.78, 5) is 0. The van der Waals surface area contributed by atoms with E-state index in [0.717, 1.165) is 18.8 Å². The molecule has 0 radical (unpaired) electrons. The molecule has 16 heavy (non-hydrogen) atoms. The van der Waals surface area contributed by atoms with E-state index >= 15 is 0 Å². The van der Waals surface area contributed by atoms with E-state index in [1.807, 2.05) is 6.92 Å². The molecule has 1 rings (SSSR count). The lowest BCUT2D eigenvalue weighted by atomic mass is 9.84. The summed E-state index contributed by atoms with van der Waals surface area (Å²) >= 11 is 0. The molecule has 0 unspecified atom stereocenters. The van der Waals surface area contributed by atoms with Crippen LogP contribution < -0.4 is 0 Å². The lowest BCUT2D eigenvalue weighted by Gasteiger charge is -2.32. The molecule has 2 heteroatoms. The fourth-order valence-electron chi connectivity index (χ4n) is 2.88. The Morgan fingerprint density at radius 3 is 2.31 bits per heavy atom. The van der Waals surface area contributed by atoms with Gasteiger partial charge in [0.25, 0.3) is 0 Å². The van der Waals surface area contributed by atoms with E-state index < -0.39 is 0 Å². The normalized spacial score (nSPS) is 24.0. The van der Waals surface area contributed by atoms with E-state index in [-0.39, 0.29) is 12.2 Å². The molecular weight excluding hydrogens is 200 g/mol. The standard InChI is InChI=1S/C14H28O2/c1-4-14(13-8-6-5-7-9-13)16-12(3)10-11(2)15/h11-15H,4-10H2,1-3H3/t11-,12-,14-/m1/s1. The first kappa shape index (κ1) is 14.0. The van der Waals surface area contributed by atoms with E-state index in [1.165, 1.54) is 32.1 Å². The monoisotopic (exact) mass is 228 g/mol. The number of aliphatic hydroxyl groups is 1. The molecule has 0 bridgehead atoms. The Hall–Kier alpha value is -0.0800. The molecule has 1 aliphatic rings. The van der Waals surface area contributed by atoms with Gasteiger partial charge in [-0.15, -0.1) is 0 Å². The smallest absolute Gasteiger partial charge is 0.0604 e. The van der Waals surface area contributed by atoms with E-state index in [1.54, 1.807) is 0 Å². The van der Waals surface area contributed by atoms with Gasteiger partial charge in [0.1, 0.15) is 0 Å². The van der Waals surface area contributed by atoms with Crippen LogP contribution in [0.25, 0.3) is 0 Å². The van der Waals surface area contributed by atoms with Gasteiger partial charge in [0.2, 0.25) is 0 Å². The highest BCUT2D eigenvalue weighted by Gasteiger charge is 2.24. The third kappa shape index (κ3) is 4.84. The zero-order valence-corrected chi connectivity index (χ0v) is 11.1. The van der Waals surface area contributed by atoms with Crippen molar-refractivity contribution in [2.75, 3.05) is 0 Å². The van der Waals surface area contributed by atoms with E-state index in [2.05, 4.69) is 13.8 Å². The molecule has 1 aliphatic carbocycles.